The van der Waals surface area contributed by atoms with E-state index in [4.69, 9.17) is 0 Å². The van der Waals surface area contributed by atoms with Crippen molar-refractivity contribution in [1.82, 2.24) is 14.6 Å². The molecule has 3 aliphatic heterocycles. The van der Waals surface area contributed by atoms with Crippen molar-refractivity contribution >= 4 is 41.2 Å². The summed E-state index contributed by atoms with van der Waals surface area (Å²) in [7, 11) is 3.95. The molecule has 0 aliphatic carbocycles. The molecule has 8 heteroatoms. The summed E-state index contributed by atoms with van der Waals surface area (Å²) in [6.45, 7) is 1.87. The maximum absolute atomic E-state index is 4.62. The monoisotopic (exact) mass is 684 g/mol. The van der Waals surface area contributed by atoms with Crippen LogP contribution < -0.4 is 20.6 Å². The number of para-hydroxylation sites is 2. The molecule has 8 rings (SSSR count). The van der Waals surface area contributed by atoms with E-state index in [0.717, 1.165) is 28.0 Å². The topological polar surface area (TPSA) is 39.9 Å². The third-order valence-electron chi connectivity index (χ3n) is 7.64. The van der Waals surface area contributed by atoms with E-state index in [9.17, 15) is 0 Å². The van der Waals surface area contributed by atoms with Gasteiger partial charge in [-0.25, -0.2) is 5.10 Å². The quantitative estimate of drug-likeness (QED) is 0.204. The van der Waals surface area contributed by atoms with Crippen molar-refractivity contribution in [2.75, 3.05) is 16.8 Å². The summed E-state index contributed by atoms with van der Waals surface area (Å²) < 4.78 is 2.04. The molecular weight excluding hydrogens is 662 g/mol. The first kappa shape index (κ1) is 24.0. The smallest absolute Gasteiger partial charge is 0.285 e. The number of imidazole rings is 1. The molecule has 192 valence electrons. The van der Waals surface area contributed by atoms with E-state index in [0.29, 0.717) is 0 Å². The maximum Gasteiger partial charge on any atom is 0.285 e. The van der Waals surface area contributed by atoms with Gasteiger partial charge in [0.2, 0.25) is 0 Å². The van der Waals surface area contributed by atoms with Gasteiger partial charge in [0, 0.05) is 51.9 Å². The first-order valence-corrected chi connectivity index (χ1v) is 12.7. The molecule has 0 bridgehead atoms. The van der Waals surface area contributed by atoms with Crippen molar-refractivity contribution < 1.29 is 21.1 Å². The Morgan fingerprint density at radius 1 is 0.769 bits per heavy atom. The fourth-order valence-corrected chi connectivity index (χ4v) is 5.95. The summed E-state index contributed by atoms with van der Waals surface area (Å²) in [5.41, 5.74) is 11.4. The maximum atomic E-state index is 4.62. The standard InChI is InChI=1S/C31H22BN6.Pt/c1-35-16-15-33-31(35)21-11-13-23-25-7-3-5-9-29(25)38-30-10-6-4-8-26(30)24-14-12-22(37-19-34-36(2)20-37)18-28(24)32(38)27(23)17-21;/h3-16,19-20H,1-2H3;/q-3;. The van der Waals surface area contributed by atoms with Gasteiger partial charge in [0.15, 0.2) is 0 Å². The molecule has 0 radical (unpaired) electrons. The van der Waals surface area contributed by atoms with Crippen LogP contribution in [0.15, 0.2) is 90.3 Å². The Bertz CT molecular complexity index is 1780. The van der Waals surface area contributed by atoms with Crippen molar-refractivity contribution in [2.45, 2.75) is 0 Å². The second-order valence-corrected chi connectivity index (χ2v) is 9.87. The van der Waals surface area contributed by atoms with Gasteiger partial charge >= 0.3 is 0 Å². The van der Waals surface area contributed by atoms with Crippen LogP contribution in [0.4, 0.5) is 17.1 Å². The zero-order chi connectivity index (χ0) is 25.4. The SMILES string of the molecule is CN1[CH-]N(c2[c-]c3c(cc2)-c2ccccc2N2B3c3[c-]c(-c4nccn4C)ccc3-c3ccccc32)C=N1.[Pt]. The van der Waals surface area contributed by atoms with Crippen molar-refractivity contribution in [3.8, 4) is 33.6 Å². The Labute approximate surface area is 242 Å². The largest absolute Gasteiger partial charge is 0.483 e. The van der Waals surface area contributed by atoms with Crippen molar-refractivity contribution in [1.29, 1.82) is 0 Å². The summed E-state index contributed by atoms with van der Waals surface area (Å²) in [5.74, 6) is 0.901. The van der Waals surface area contributed by atoms with Crippen molar-refractivity contribution in [3.05, 3.63) is 104 Å². The minimum Gasteiger partial charge on any atom is -0.483 e. The summed E-state index contributed by atoms with van der Waals surface area (Å²) in [4.78, 5) is 9.09. The number of aryl methyl sites for hydroxylation is 1. The summed E-state index contributed by atoms with van der Waals surface area (Å²) in [5, 5.41) is 6.17. The number of aromatic nitrogens is 2. The van der Waals surface area contributed by atoms with Gasteiger partial charge in [0.25, 0.3) is 6.85 Å². The molecule has 39 heavy (non-hydrogen) atoms. The molecule has 0 saturated heterocycles. The zero-order valence-corrected chi connectivity index (χ0v) is 23.6. The second kappa shape index (κ2) is 8.99. The summed E-state index contributed by atoms with van der Waals surface area (Å²) in [6.07, 6.45) is 5.63. The van der Waals surface area contributed by atoms with Crippen LogP contribution >= 0.6 is 0 Å². The van der Waals surface area contributed by atoms with E-state index in [2.05, 4.69) is 99.8 Å². The normalized spacial score (nSPS) is 14.3. The number of anilines is 3. The molecule has 0 unspecified atom stereocenters. The van der Waals surface area contributed by atoms with E-state index in [1.807, 2.05) is 49.0 Å². The molecule has 0 amide bonds. The van der Waals surface area contributed by atoms with Crippen LogP contribution in [0.3, 0.4) is 0 Å². The van der Waals surface area contributed by atoms with E-state index in [1.165, 1.54) is 33.6 Å². The predicted octanol–water partition coefficient (Wildman–Crippen LogP) is 4.40. The number of rotatable bonds is 2. The summed E-state index contributed by atoms with van der Waals surface area (Å²) in [6, 6.07) is 33.7. The number of hydrogen-bond donors (Lipinski definition) is 0. The van der Waals surface area contributed by atoms with Crippen LogP contribution in [0, 0.1) is 18.8 Å². The van der Waals surface area contributed by atoms with Crippen LogP contribution in [-0.4, -0.2) is 34.8 Å². The average molecular weight is 684 g/mol. The number of nitrogens with zero attached hydrogens (tertiary/aromatic N) is 6. The fraction of sp³-hybridized carbons (Fsp3) is 0.0645. The third-order valence-corrected chi connectivity index (χ3v) is 7.64. The first-order chi connectivity index (χ1) is 18.7. The van der Waals surface area contributed by atoms with Crippen LogP contribution in [-0.2, 0) is 28.1 Å². The van der Waals surface area contributed by atoms with Gasteiger partial charge in [-0.05, 0) is 24.7 Å². The number of hydrazone groups is 1. The van der Waals surface area contributed by atoms with Crippen LogP contribution in [0.1, 0.15) is 0 Å². The molecule has 4 aromatic carbocycles. The first-order valence-electron chi connectivity index (χ1n) is 12.7. The van der Waals surface area contributed by atoms with Gasteiger partial charge in [-0.15, -0.1) is 58.8 Å². The molecule has 0 atom stereocenters. The van der Waals surface area contributed by atoms with Crippen molar-refractivity contribution in [3.63, 3.8) is 0 Å². The minimum atomic E-state index is -0.0951. The van der Waals surface area contributed by atoms with Gasteiger partial charge in [-0.3, -0.25) is 4.98 Å². The molecule has 5 aromatic rings. The van der Waals surface area contributed by atoms with Crippen LogP contribution in [0.2, 0.25) is 0 Å². The molecule has 6 nitrogen and oxygen atoms in total. The molecule has 0 N–H and O–H groups in total. The average Bonchev–Trinajstić information content (AvgIpc) is 3.60. The van der Waals surface area contributed by atoms with Crippen molar-refractivity contribution in [2.24, 2.45) is 12.1 Å². The third kappa shape index (κ3) is 3.53. The molecule has 0 spiro atoms. The van der Waals surface area contributed by atoms with Gasteiger partial charge in [-0.2, -0.15) is 17.6 Å². The van der Waals surface area contributed by atoms with Gasteiger partial charge < -0.3 is 19.3 Å². The number of fused-ring (bicyclic) bond motifs is 11. The predicted molar refractivity (Wildman–Crippen MR) is 154 cm³/mol. The Balaban J connectivity index is 0.00000253. The van der Waals surface area contributed by atoms with E-state index in [-0.39, 0.29) is 27.9 Å². The molecule has 0 saturated carbocycles. The number of benzene rings is 4. The van der Waals surface area contributed by atoms with Gasteiger partial charge in [0.1, 0.15) is 0 Å². The van der Waals surface area contributed by atoms with E-state index in [1.54, 1.807) is 5.01 Å². The molecule has 3 aliphatic rings. The van der Waals surface area contributed by atoms with Gasteiger partial charge in [0.05, 0.1) is 12.2 Å². The Morgan fingerprint density at radius 2 is 1.44 bits per heavy atom. The zero-order valence-electron chi connectivity index (χ0n) is 21.3. The van der Waals surface area contributed by atoms with E-state index >= 15 is 0 Å². The molecule has 1 aromatic heterocycles. The Hall–Kier alpha value is -4.09. The number of hydrogen-bond acceptors (Lipinski definition) is 5. The van der Waals surface area contributed by atoms with Crippen LogP contribution in [0.25, 0.3) is 33.6 Å². The van der Waals surface area contributed by atoms with E-state index < -0.39 is 0 Å². The summed E-state index contributed by atoms with van der Waals surface area (Å²) >= 11 is 0. The molecular formula is C31H22BN6Pt-3. The molecule has 4 heterocycles. The molecule has 0 fully saturated rings. The second-order valence-electron chi connectivity index (χ2n) is 9.87. The Morgan fingerprint density at radius 3 is 2.08 bits per heavy atom. The van der Waals surface area contributed by atoms with Gasteiger partial charge in [-0.1, -0.05) is 42.0 Å². The minimum absolute atomic E-state index is 0. The Kier molecular flexibility index (Phi) is 5.53. The fourth-order valence-electron chi connectivity index (χ4n) is 5.95. The van der Waals surface area contributed by atoms with Crippen LogP contribution in [0.5, 0.6) is 0 Å².